The number of ether oxygens (including phenoxy) is 1. The van der Waals surface area contributed by atoms with Gasteiger partial charge in [0.15, 0.2) is 0 Å². The molecule has 170 valence electrons. The minimum absolute atomic E-state index is 0. The number of aromatic nitrogens is 1. The van der Waals surface area contributed by atoms with Gasteiger partial charge in [-0.25, -0.2) is 9.37 Å². The monoisotopic (exact) mass is 492 g/mol. The molecule has 0 bridgehead atoms. The zero-order valence-electron chi connectivity index (χ0n) is 18.5. The molecule has 0 saturated carbocycles. The highest BCUT2D eigenvalue weighted by molar-refractivity contribution is 7.12. The van der Waals surface area contributed by atoms with E-state index in [1.807, 2.05) is 26.0 Å². The Balaban J connectivity index is 0.00000363. The van der Waals surface area contributed by atoms with E-state index in [1.165, 1.54) is 23.5 Å². The van der Waals surface area contributed by atoms with E-state index in [0.29, 0.717) is 5.02 Å². The standard InChI is InChI=1S/C25H26ClFN2OS.ClH/c1-5-6-17(18-7-10-19(27)11-8-18)9-12-22(28)25-29-24(16(3)31-25)20-13-15(2)23(30-4)14-21(20)26;/h7-8,10-11,13-14,17,22H,5-6,28H2,1-4H3;1H/t17-,22?;/m1./s1. The summed E-state index contributed by atoms with van der Waals surface area (Å²) in [6.07, 6.45) is 1.86. The van der Waals surface area contributed by atoms with E-state index < -0.39 is 6.04 Å². The molecule has 1 heterocycles. The van der Waals surface area contributed by atoms with Crippen molar-refractivity contribution >= 4 is 35.3 Å². The highest BCUT2D eigenvalue weighted by atomic mass is 35.5. The lowest BCUT2D eigenvalue weighted by Gasteiger charge is -2.10. The van der Waals surface area contributed by atoms with Crippen LogP contribution in [0.1, 0.15) is 52.7 Å². The lowest BCUT2D eigenvalue weighted by molar-refractivity contribution is 0.412. The van der Waals surface area contributed by atoms with Gasteiger partial charge in [0, 0.05) is 16.4 Å². The average molecular weight is 493 g/mol. The maximum absolute atomic E-state index is 13.3. The second kappa shape index (κ2) is 11.7. The van der Waals surface area contributed by atoms with Crippen LogP contribution in [0.3, 0.4) is 0 Å². The molecular weight excluding hydrogens is 466 g/mol. The molecule has 3 rings (SSSR count). The van der Waals surface area contributed by atoms with Crippen LogP contribution >= 0.6 is 35.3 Å². The molecule has 32 heavy (non-hydrogen) atoms. The average Bonchev–Trinajstić information content (AvgIpc) is 3.14. The van der Waals surface area contributed by atoms with Gasteiger partial charge in [0.1, 0.15) is 22.6 Å². The van der Waals surface area contributed by atoms with Crippen LogP contribution in [0.4, 0.5) is 4.39 Å². The lowest BCUT2D eigenvalue weighted by atomic mass is 9.95. The van der Waals surface area contributed by atoms with Crippen LogP contribution in [0.25, 0.3) is 11.3 Å². The summed E-state index contributed by atoms with van der Waals surface area (Å²) in [4.78, 5) is 5.79. The van der Waals surface area contributed by atoms with Gasteiger partial charge in [-0.1, -0.05) is 48.9 Å². The van der Waals surface area contributed by atoms with Gasteiger partial charge in [0.2, 0.25) is 0 Å². The Labute approximate surface area is 204 Å². The molecule has 0 amide bonds. The minimum atomic E-state index is -0.504. The Morgan fingerprint density at radius 2 is 1.88 bits per heavy atom. The highest BCUT2D eigenvalue weighted by Gasteiger charge is 2.18. The number of methoxy groups -OCH3 is 1. The molecule has 7 heteroatoms. The summed E-state index contributed by atoms with van der Waals surface area (Å²) in [6.45, 7) is 6.09. The van der Waals surface area contributed by atoms with Gasteiger partial charge in [-0.2, -0.15) is 0 Å². The second-order valence-electron chi connectivity index (χ2n) is 7.42. The molecule has 0 fully saturated rings. The van der Waals surface area contributed by atoms with Gasteiger partial charge in [-0.3, -0.25) is 0 Å². The van der Waals surface area contributed by atoms with E-state index >= 15 is 0 Å². The molecule has 0 saturated heterocycles. The van der Waals surface area contributed by atoms with Crippen molar-refractivity contribution < 1.29 is 9.13 Å². The second-order valence-corrected chi connectivity index (χ2v) is 9.06. The van der Waals surface area contributed by atoms with Crippen LogP contribution in [0.5, 0.6) is 5.75 Å². The Morgan fingerprint density at radius 3 is 2.50 bits per heavy atom. The van der Waals surface area contributed by atoms with Gasteiger partial charge < -0.3 is 10.5 Å². The van der Waals surface area contributed by atoms with Gasteiger partial charge in [0.25, 0.3) is 0 Å². The van der Waals surface area contributed by atoms with Gasteiger partial charge >= 0.3 is 0 Å². The van der Waals surface area contributed by atoms with E-state index in [0.717, 1.165) is 50.9 Å². The van der Waals surface area contributed by atoms with Crippen LogP contribution in [0, 0.1) is 31.5 Å². The summed E-state index contributed by atoms with van der Waals surface area (Å²) in [7, 11) is 1.62. The van der Waals surface area contributed by atoms with Gasteiger partial charge in [-0.05, 0) is 55.7 Å². The first-order chi connectivity index (χ1) is 14.8. The predicted molar refractivity (Wildman–Crippen MR) is 135 cm³/mol. The first-order valence-corrected chi connectivity index (χ1v) is 11.4. The van der Waals surface area contributed by atoms with Crippen molar-refractivity contribution in [2.75, 3.05) is 7.11 Å². The van der Waals surface area contributed by atoms with Gasteiger partial charge in [-0.15, -0.1) is 23.7 Å². The van der Waals surface area contributed by atoms with Crippen molar-refractivity contribution in [1.82, 2.24) is 4.98 Å². The number of aryl methyl sites for hydroxylation is 2. The van der Waals surface area contributed by atoms with Crippen molar-refractivity contribution in [3.8, 4) is 28.8 Å². The number of hydrogen-bond donors (Lipinski definition) is 1. The minimum Gasteiger partial charge on any atom is -0.496 e. The fourth-order valence-electron chi connectivity index (χ4n) is 3.42. The van der Waals surface area contributed by atoms with E-state index in [2.05, 4.69) is 18.8 Å². The molecule has 2 atom stereocenters. The molecule has 0 aliphatic heterocycles. The largest absolute Gasteiger partial charge is 0.496 e. The van der Waals surface area contributed by atoms with Crippen molar-refractivity contribution in [2.24, 2.45) is 5.73 Å². The predicted octanol–water partition coefficient (Wildman–Crippen LogP) is 7.24. The van der Waals surface area contributed by atoms with Crippen LogP contribution in [-0.2, 0) is 0 Å². The van der Waals surface area contributed by atoms with Crippen molar-refractivity contribution in [1.29, 1.82) is 0 Å². The van der Waals surface area contributed by atoms with Crippen LogP contribution in [-0.4, -0.2) is 12.1 Å². The van der Waals surface area contributed by atoms with Crippen molar-refractivity contribution in [2.45, 2.75) is 45.6 Å². The molecule has 0 spiro atoms. The van der Waals surface area contributed by atoms with E-state index in [9.17, 15) is 4.39 Å². The summed E-state index contributed by atoms with van der Waals surface area (Å²) >= 11 is 8.02. The Kier molecular flexibility index (Phi) is 9.54. The third kappa shape index (κ3) is 6.02. The molecule has 0 aliphatic carbocycles. The maximum Gasteiger partial charge on any atom is 0.123 e. The molecule has 0 aliphatic rings. The number of thiazole rings is 1. The topological polar surface area (TPSA) is 48.1 Å². The quantitative estimate of drug-likeness (QED) is 0.369. The molecule has 1 unspecified atom stereocenters. The van der Waals surface area contributed by atoms with Gasteiger partial charge in [0.05, 0.1) is 17.8 Å². The number of halogens is 3. The number of rotatable bonds is 6. The Morgan fingerprint density at radius 1 is 1.19 bits per heavy atom. The maximum atomic E-state index is 13.3. The molecule has 1 aromatic heterocycles. The number of benzene rings is 2. The zero-order valence-corrected chi connectivity index (χ0v) is 20.9. The van der Waals surface area contributed by atoms with Crippen molar-refractivity contribution in [3.63, 3.8) is 0 Å². The normalized spacial score (nSPS) is 12.3. The van der Waals surface area contributed by atoms with Crippen LogP contribution in [0.2, 0.25) is 5.02 Å². The zero-order chi connectivity index (χ0) is 22.5. The Hall–Kier alpha value is -2.10. The van der Waals surface area contributed by atoms with Crippen LogP contribution in [0.15, 0.2) is 36.4 Å². The fraction of sp³-hybridized carbons (Fsp3) is 0.320. The summed E-state index contributed by atoms with van der Waals surface area (Å²) in [5.74, 6) is 6.95. The summed E-state index contributed by atoms with van der Waals surface area (Å²) < 4.78 is 18.6. The van der Waals surface area contributed by atoms with E-state index in [4.69, 9.17) is 27.1 Å². The molecular formula is C25H27Cl2FN2OS. The lowest BCUT2D eigenvalue weighted by Crippen LogP contribution is -2.08. The molecule has 2 aromatic carbocycles. The number of nitrogens with zero attached hydrogens (tertiary/aromatic N) is 1. The molecule has 3 nitrogen and oxygen atoms in total. The third-order valence-electron chi connectivity index (χ3n) is 5.08. The Bertz CT molecular complexity index is 1120. The smallest absolute Gasteiger partial charge is 0.123 e. The van der Waals surface area contributed by atoms with E-state index in [-0.39, 0.29) is 24.1 Å². The number of nitrogens with two attached hydrogens (primary N) is 1. The summed E-state index contributed by atoms with van der Waals surface area (Å²) in [5.41, 5.74) is 10.0. The van der Waals surface area contributed by atoms with Crippen LogP contribution < -0.4 is 10.5 Å². The summed E-state index contributed by atoms with van der Waals surface area (Å²) in [6, 6.07) is 9.80. The number of hydrogen-bond acceptors (Lipinski definition) is 4. The third-order valence-corrected chi connectivity index (χ3v) is 6.45. The fourth-order valence-corrected chi connectivity index (χ4v) is 4.55. The molecule has 3 aromatic rings. The summed E-state index contributed by atoms with van der Waals surface area (Å²) in [5, 5.41) is 1.33. The first kappa shape index (κ1) is 26.2. The molecule has 2 N–H and O–H groups in total. The first-order valence-electron chi connectivity index (χ1n) is 10.2. The SMILES string of the molecule is CCC[C@H](C#CC(N)c1nc(-c2cc(C)c(OC)cc2Cl)c(C)s1)c1ccc(F)cc1.Cl. The highest BCUT2D eigenvalue weighted by Crippen LogP contribution is 2.37. The molecule has 0 radical (unpaired) electrons. The van der Waals surface area contributed by atoms with E-state index in [1.54, 1.807) is 19.2 Å². The van der Waals surface area contributed by atoms with Crippen molar-refractivity contribution in [3.05, 3.63) is 68.2 Å².